The molecule has 0 aliphatic carbocycles. The first kappa shape index (κ1) is 14.2. The molecule has 0 amide bonds. The molecule has 0 saturated heterocycles. The molecule has 0 heterocycles. The molecule has 0 atom stereocenters. The molecule has 0 radical (unpaired) electrons. The molecule has 0 saturated carbocycles. The van der Waals surface area contributed by atoms with Gasteiger partial charge < -0.3 is 9.29 Å². The minimum Gasteiger partial charge on any atom is -0.745 e. The van der Waals surface area contributed by atoms with E-state index in [1.54, 1.807) is 12.1 Å². The molecule has 4 nitrogen and oxygen atoms in total. The van der Waals surface area contributed by atoms with Gasteiger partial charge in [0.2, 0.25) is 0 Å². The van der Waals surface area contributed by atoms with Crippen LogP contribution in [0.15, 0.2) is 24.3 Å². The van der Waals surface area contributed by atoms with E-state index in [0.29, 0.717) is 5.02 Å². The summed E-state index contributed by atoms with van der Waals surface area (Å²) in [5.41, 5.74) is 0. The summed E-state index contributed by atoms with van der Waals surface area (Å²) in [6, 6.07) is 6.14. The Morgan fingerprint density at radius 3 is 2.57 bits per heavy atom. The van der Waals surface area contributed by atoms with Crippen molar-refractivity contribution < 1.29 is 47.3 Å². The SMILES string of the molecule is O=S(=O)([O-])COc1cccc(Cl)c1.[Na+]. The van der Waals surface area contributed by atoms with E-state index in [1.165, 1.54) is 12.1 Å². The van der Waals surface area contributed by atoms with Crippen LogP contribution in [-0.2, 0) is 10.1 Å². The molecule has 72 valence electrons. The molecular formula is C7H6ClNaO4S. The summed E-state index contributed by atoms with van der Waals surface area (Å²) in [7, 11) is -4.35. The smallest absolute Gasteiger partial charge is 0.745 e. The number of hydrogen-bond donors (Lipinski definition) is 0. The van der Waals surface area contributed by atoms with Crippen molar-refractivity contribution in [3.8, 4) is 5.75 Å². The second-order valence-electron chi connectivity index (χ2n) is 2.28. The third-order valence-electron chi connectivity index (χ3n) is 1.17. The zero-order valence-corrected chi connectivity index (χ0v) is 11.0. The van der Waals surface area contributed by atoms with Crippen LogP contribution in [0.2, 0.25) is 5.02 Å². The fourth-order valence-corrected chi connectivity index (χ4v) is 1.16. The molecule has 0 aliphatic heterocycles. The van der Waals surface area contributed by atoms with E-state index in [0.717, 1.165) is 0 Å². The summed E-state index contributed by atoms with van der Waals surface area (Å²) in [6.07, 6.45) is 0. The van der Waals surface area contributed by atoms with Crippen LogP contribution in [0.5, 0.6) is 5.75 Å². The van der Waals surface area contributed by atoms with E-state index in [9.17, 15) is 13.0 Å². The number of rotatable bonds is 3. The summed E-state index contributed by atoms with van der Waals surface area (Å²) in [6.45, 7) is 0. The molecule has 0 fully saturated rings. The standard InChI is InChI=1S/C7H7ClO4S.Na/c8-6-2-1-3-7(4-6)12-5-13(9,10)11;/h1-4H,5H2,(H,9,10,11);/q;+1/p-1. The van der Waals surface area contributed by atoms with Gasteiger partial charge in [-0.3, -0.25) is 0 Å². The summed E-state index contributed by atoms with van der Waals surface area (Å²) in [5.74, 6) is -0.625. The van der Waals surface area contributed by atoms with Crippen molar-refractivity contribution in [3.63, 3.8) is 0 Å². The van der Waals surface area contributed by atoms with Gasteiger partial charge in [-0.1, -0.05) is 17.7 Å². The van der Waals surface area contributed by atoms with E-state index in [1.807, 2.05) is 0 Å². The van der Waals surface area contributed by atoms with Crippen molar-refractivity contribution >= 4 is 21.7 Å². The molecule has 1 aromatic carbocycles. The summed E-state index contributed by atoms with van der Waals surface area (Å²) >= 11 is 5.59. The molecule has 0 aromatic heterocycles. The zero-order valence-electron chi connectivity index (χ0n) is 7.44. The van der Waals surface area contributed by atoms with Gasteiger partial charge >= 0.3 is 29.6 Å². The molecule has 1 rings (SSSR count). The summed E-state index contributed by atoms with van der Waals surface area (Å²) in [4.78, 5) is 0. The van der Waals surface area contributed by atoms with Gasteiger partial charge in [-0.2, -0.15) is 0 Å². The second-order valence-corrected chi connectivity index (χ2v) is 4.06. The van der Waals surface area contributed by atoms with Gasteiger partial charge in [-0.05, 0) is 18.2 Å². The first-order valence-corrected chi connectivity index (χ1v) is 5.25. The maximum absolute atomic E-state index is 10.2. The first-order chi connectivity index (χ1) is 5.97. The Balaban J connectivity index is 0.00000169. The van der Waals surface area contributed by atoms with Gasteiger partial charge in [0, 0.05) is 5.02 Å². The molecule has 0 unspecified atom stereocenters. The monoisotopic (exact) mass is 244 g/mol. The Hall–Kier alpha value is 0.220. The van der Waals surface area contributed by atoms with Crippen molar-refractivity contribution in [1.29, 1.82) is 0 Å². The van der Waals surface area contributed by atoms with E-state index >= 15 is 0 Å². The molecule has 1 aromatic rings. The maximum Gasteiger partial charge on any atom is 1.00 e. The van der Waals surface area contributed by atoms with E-state index < -0.39 is 16.1 Å². The fourth-order valence-electron chi connectivity index (χ4n) is 0.697. The molecule has 14 heavy (non-hydrogen) atoms. The van der Waals surface area contributed by atoms with Crippen LogP contribution in [0.4, 0.5) is 0 Å². The van der Waals surface area contributed by atoms with E-state index in [2.05, 4.69) is 4.74 Å². The van der Waals surface area contributed by atoms with Crippen molar-refractivity contribution in [2.75, 3.05) is 5.94 Å². The molecule has 0 spiro atoms. The van der Waals surface area contributed by atoms with Crippen LogP contribution in [-0.4, -0.2) is 18.9 Å². The molecule has 7 heteroatoms. The average Bonchev–Trinajstić information content (AvgIpc) is 2.00. The van der Waals surface area contributed by atoms with Gasteiger partial charge in [-0.25, -0.2) is 8.42 Å². The topological polar surface area (TPSA) is 66.4 Å². The number of hydrogen-bond acceptors (Lipinski definition) is 4. The van der Waals surface area contributed by atoms with Gasteiger partial charge in [0.25, 0.3) is 0 Å². The Kier molecular flexibility index (Phi) is 6.04. The molecular weight excluding hydrogens is 239 g/mol. The second kappa shape index (κ2) is 5.95. The fraction of sp³-hybridized carbons (Fsp3) is 0.143. The van der Waals surface area contributed by atoms with Crippen molar-refractivity contribution in [2.24, 2.45) is 0 Å². The minimum absolute atomic E-state index is 0. The quantitative estimate of drug-likeness (QED) is 0.466. The minimum atomic E-state index is -4.35. The Morgan fingerprint density at radius 1 is 1.43 bits per heavy atom. The van der Waals surface area contributed by atoms with Gasteiger partial charge in [0.1, 0.15) is 15.9 Å². The Bertz CT molecular complexity index is 392. The number of halogens is 1. The molecule has 0 bridgehead atoms. The predicted octanol–water partition coefficient (Wildman–Crippen LogP) is -1.77. The third kappa shape index (κ3) is 5.85. The number of ether oxygens (including phenoxy) is 1. The Morgan fingerprint density at radius 2 is 2.07 bits per heavy atom. The van der Waals surface area contributed by atoms with Crippen LogP contribution < -0.4 is 34.3 Å². The van der Waals surface area contributed by atoms with Crippen LogP contribution in [0.1, 0.15) is 0 Å². The van der Waals surface area contributed by atoms with Crippen LogP contribution in [0.25, 0.3) is 0 Å². The third-order valence-corrected chi connectivity index (χ3v) is 1.81. The first-order valence-electron chi connectivity index (χ1n) is 3.29. The molecule has 0 N–H and O–H groups in total. The molecule has 0 aliphatic rings. The van der Waals surface area contributed by atoms with Gasteiger partial charge in [0.05, 0.1) is 0 Å². The van der Waals surface area contributed by atoms with Crippen molar-refractivity contribution in [2.45, 2.75) is 0 Å². The van der Waals surface area contributed by atoms with E-state index in [4.69, 9.17) is 11.6 Å². The van der Waals surface area contributed by atoms with Crippen LogP contribution in [0, 0.1) is 0 Å². The Labute approximate surface area is 109 Å². The number of benzene rings is 1. The average molecular weight is 245 g/mol. The van der Waals surface area contributed by atoms with Crippen molar-refractivity contribution in [1.82, 2.24) is 0 Å². The van der Waals surface area contributed by atoms with Gasteiger partial charge in [-0.15, -0.1) is 0 Å². The summed E-state index contributed by atoms with van der Waals surface area (Å²) < 4.78 is 35.2. The van der Waals surface area contributed by atoms with E-state index in [-0.39, 0.29) is 35.3 Å². The van der Waals surface area contributed by atoms with Crippen molar-refractivity contribution in [3.05, 3.63) is 29.3 Å². The zero-order chi connectivity index (χ0) is 9.90. The van der Waals surface area contributed by atoms with Crippen LogP contribution in [0.3, 0.4) is 0 Å². The largest absolute Gasteiger partial charge is 1.00 e. The maximum atomic E-state index is 10.2. The predicted molar refractivity (Wildman–Crippen MR) is 46.6 cm³/mol. The summed E-state index contributed by atoms with van der Waals surface area (Å²) in [5, 5.41) is 0.417. The normalized spacial score (nSPS) is 10.4. The van der Waals surface area contributed by atoms with Crippen LogP contribution >= 0.6 is 11.6 Å². The van der Waals surface area contributed by atoms with Gasteiger partial charge in [0.15, 0.2) is 5.94 Å².